The Labute approximate surface area is 120 Å². The van der Waals surface area contributed by atoms with Gasteiger partial charge in [-0.15, -0.1) is 0 Å². The summed E-state index contributed by atoms with van der Waals surface area (Å²) in [5, 5.41) is 3.64. The third-order valence-electron chi connectivity index (χ3n) is 4.10. The van der Waals surface area contributed by atoms with Crippen LogP contribution in [0.25, 0.3) is 0 Å². The van der Waals surface area contributed by atoms with Crippen LogP contribution in [0.1, 0.15) is 35.1 Å². The molecule has 20 heavy (non-hydrogen) atoms. The van der Waals surface area contributed by atoms with E-state index in [4.69, 9.17) is 4.74 Å². The Kier molecular flexibility index (Phi) is 4.14. The molecule has 2 atom stereocenters. The second-order valence-corrected chi connectivity index (χ2v) is 5.41. The molecule has 1 saturated heterocycles. The van der Waals surface area contributed by atoms with Gasteiger partial charge in [0.2, 0.25) is 0 Å². The minimum Gasteiger partial charge on any atom is -0.380 e. The first-order chi connectivity index (χ1) is 9.88. The summed E-state index contributed by atoms with van der Waals surface area (Å²) in [5.74, 6) is 0.574. The summed E-state index contributed by atoms with van der Waals surface area (Å²) in [5.41, 5.74) is 4.03. The number of nitrogens with one attached hydrogen (secondary N) is 1. The normalized spacial score (nSPS) is 22.1. The molecule has 0 radical (unpaired) electrons. The van der Waals surface area contributed by atoms with Crippen LogP contribution < -0.4 is 5.32 Å². The van der Waals surface area contributed by atoms with Crippen LogP contribution in [0, 0.1) is 0 Å². The summed E-state index contributed by atoms with van der Waals surface area (Å²) < 4.78 is 5.17. The highest BCUT2D eigenvalue weighted by atomic mass is 16.5. The van der Waals surface area contributed by atoms with E-state index in [2.05, 4.69) is 59.9 Å². The van der Waals surface area contributed by atoms with Gasteiger partial charge in [0.05, 0.1) is 6.61 Å². The molecule has 0 aliphatic carbocycles. The molecule has 0 bridgehead atoms. The van der Waals surface area contributed by atoms with E-state index in [0.29, 0.717) is 18.6 Å². The van der Waals surface area contributed by atoms with Gasteiger partial charge in [-0.2, -0.15) is 0 Å². The minimum atomic E-state index is 0.425. The van der Waals surface area contributed by atoms with Crippen LogP contribution in [-0.4, -0.2) is 13.7 Å². The van der Waals surface area contributed by atoms with Gasteiger partial charge < -0.3 is 10.1 Å². The Morgan fingerprint density at radius 2 is 1.75 bits per heavy atom. The smallest absolute Gasteiger partial charge is 0.0713 e. The van der Waals surface area contributed by atoms with Crippen LogP contribution in [0.3, 0.4) is 0 Å². The molecule has 0 amide bonds. The lowest BCUT2D eigenvalue weighted by molar-refractivity contribution is 0.185. The monoisotopic (exact) mass is 267 g/mol. The van der Waals surface area contributed by atoms with E-state index in [0.717, 1.165) is 6.54 Å². The van der Waals surface area contributed by atoms with Crippen molar-refractivity contribution in [1.29, 1.82) is 0 Å². The molecule has 1 fully saturated rings. The van der Waals surface area contributed by atoms with Crippen LogP contribution >= 0.6 is 0 Å². The fourth-order valence-corrected chi connectivity index (χ4v) is 3.10. The van der Waals surface area contributed by atoms with E-state index < -0.39 is 0 Å². The molecule has 0 saturated carbocycles. The molecule has 1 heterocycles. The largest absolute Gasteiger partial charge is 0.380 e. The molecule has 2 heteroatoms. The second kappa shape index (κ2) is 6.21. The van der Waals surface area contributed by atoms with Gasteiger partial charge in [0, 0.05) is 19.1 Å². The molecule has 1 N–H and O–H groups in total. The van der Waals surface area contributed by atoms with Gasteiger partial charge in [0.1, 0.15) is 0 Å². The fourth-order valence-electron chi connectivity index (χ4n) is 3.10. The number of hydrogen-bond acceptors (Lipinski definition) is 2. The highest BCUT2D eigenvalue weighted by molar-refractivity contribution is 5.31. The summed E-state index contributed by atoms with van der Waals surface area (Å²) in [7, 11) is 1.73. The van der Waals surface area contributed by atoms with Crippen LogP contribution in [0.15, 0.2) is 54.6 Å². The lowest BCUT2D eigenvalue weighted by Gasteiger charge is -2.20. The van der Waals surface area contributed by atoms with Crippen LogP contribution in [0.2, 0.25) is 0 Å². The zero-order chi connectivity index (χ0) is 13.8. The van der Waals surface area contributed by atoms with Gasteiger partial charge in [0.15, 0.2) is 0 Å². The Hall–Kier alpha value is -1.64. The fraction of sp³-hybridized carbons (Fsp3) is 0.333. The molecule has 2 aromatic rings. The second-order valence-electron chi connectivity index (χ2n) is 5.41. The number of ether oxygens (including phenoxy) is 1. The van der Waals surface area contributed by atoms with E-state index in [-0.39, 0.29) is 0 Å². The van der Waals surface area contributed by atoms with Crippen LogP contribution in [0.5, 0.6) is 0 Å². The molecular weight excluding hydrogens is 246 g/mol. The van der Waals surface area contributed by atoms with Gasteiger partial charge in [-0.1, -0.05) is 54.6 Å². The number of rotatable bonds is 4. The summed E-state index contributed by atoms with van der Waals surface area (Å²) in [6.45, 7) is 1.77. The molecule has 2 aromatic carbocycles. The molecular formula is C18H21NO. The first-order valence-corrected chi connectivity index (χ1v) is 7.24. The molecule has 2 nitrogen and oxygen atoms in total. The van der Waals surface area contributed by atoms with Gasteiger partial charge in [-0.3, -0.25) is 0 Å². The van der Waals surface area contributed by atoms with E-state index in [1.54, 1.807) is 7.11 Å². The van der Waals surface area contributed by atoms with Crippen molar-refractivity contribution in [1.82, 2.24) is 5.32 Å². The highest BCUT2D eigenvalue weighted by Crippen LogP contribution is 2.37. The lowest BCUT2D eigenvalue weighted by atomic mass is 9.88. The maximum atomic E-state index is 5.17. The third kappa shape index (κ3) is 2.77. The maximum absolute atomic E-state index is 5.17. The zero-order valence-electron chi connectivity index (χ0n) is 11.9. The predicted molar refractivity (Wildman–Crippen MR) is 81.7 cm³/mol. The Morgan fingerprint density at radius 3 is 2.45 bits per heavy atom. The quantitative estimate of drug-likeness (QED) is 0.913. The molecule has 104 valence electrons. The lowest BCUT2D eigenvalue weighted by Crippen LogP contribution is -2.17. The molecule has 0 aromatic heterocycles. The first-order valence-electron chi connectivity index (χ1n) is 7.24. The SMILES string of the molecule is COCc1ccc(C2NCCC2c2ccccc2)cc1. The molecule has 0 spiro atoms. The third-order valence-corrected chi connectivity index (χ3v) is 4.10. The van der Waals surface area contributed by atoms with Gasteiger partial charge in [-0.05, 0) is 29.7 Å². The van der Waals surface area contributed by atoms with Crippen molar-refractivity contribution in [3.05, 3.63) is 71.3 Å². The molecule has 1 aliphatic heterocycles. The summed E-state index contributed by atoms with van der Waals surface area (Å²) in [6.07, 6.45) is 1.20. The van der Waals surface area contributed by atoms with Crippen molar-refractivity contribution in [2.45, 2.75) is 25.0 Å². The summed E-state index contributed by atoms with van der Waals surface area (Å²) in [4.78, 5) is 0. The van der Waals surface area contributed by atoms with E-state index in [1.807, 2.05) is 0 Å². The Morgan fingerprint density at radius 1 is 1.00 bits per heavy atom. The average molecular weight is 267 g/mol. The number of hydrogen-bond donors (Lipinski definition) is 1. The van der Waals surface area contributed by atoms with Crippen molar-refractivity contribution in [3.8, 4) is 0 Å². The maximum Gasteiger partial charge on any atom is 0.0713 e. The van der Waals surface area contributed by atoms with Crippen molar-refractivity contribution in [2.24, 2.45) is 0 Å². The summed E-state index contributed by atoms with van der Waals surface area (Å²) in [6, 6.07) is 20.0. The molecule has 1 aliphatic rings. The topological polar surface area (TPSA) is 21.3 Å². The van der Waals surface area contributed by atoms with Gasteiger partial charge in [0.25, 0.3) is 0 Å². The number of methoxy groups -OCH3 is 1. The van der Waals surface area contributed by atoms with Crippen molar-refractivity contribution < 1.29 is 4.74 Å². The van der Waals surface area contributed by atoms with Crippen molar-refractivity contribution >= 4 is 0 Å². The highest BCUT2D eigenvalue weighted by Gasteiger charge is 2.29. The van der Waals surface area contributed by atoms with Gasteiger partial charge in [-0.25, -0.2) is 0 Å². The first kappa shape index (κ1) is 13.3. The van der Waals surface area contributed by atoms with E-state index in [9.17, 15) is 0 Å². The molecule has 3 rings (SSSR count). The zero-order valence-corrected chi connectivity index (χ0v) is 11.9. The van der Waals surface area contributed by atoms with Gasteiger partial charge >= 0.3 is 0 Å². The van der Waals surface area contributed by atoms with E-state index >= 15 is 0 Å². The van der Waals surface area contributed by atoms with Crippen molar-refractivity contribution in [2.75, 3.05) is 13.7 Å². The van der Waals surface area contributed by atoms with Crippen LogP contribution in [0.4, 0.5) is 0 Å². The standard InChI is InChI=1S/C18H21NO/c1-20-13-14-7-9-16(10-8-14)18-17(11-12-19-18)15-5-3-2-4-6-15/h2-10,17-19H,11-13H2,1H3. The number of benzene rings is 2. The molecule has 2 unspecified atom stereocenters. The van der Waals surface area contributed by atoms with Crippen LogP contribution in [-0.2, 0) is 11.3 Å². The average Bonchev–Trinajstić information content (AvgIpc) is 2.99. The Bertz CT molecular complexity index is 535. The van der Waals surface area contributed by atoms with E-state index in [1.165, 1.54) is 23.1 Å². The predicted octanol–water partition coefficient (Wildman–Crippen LogP) is 3.65. The minimum absolute atomic E-state index is 0.425. The summed E-state index contributed by atoms with van der Waals surface area (Å²) >= 11 is 0. The Balaban J connectivity index is 1.81. The van der Waals surface area contributed by atoms with Crippen molar-refractivity contribution in [3.63, 3.8) is 0 Å².